The van der Waals surface area contributed by atoms with Crippen LogP contribution in [0.3, 0.4) is 0 Å². The van der Waals surface area contributed by atoms with Crippen molar-refractivity contribution in [3.63, 3.8) is 0 Å². The Bertz CT molecular complexity index is 880. The molecule has 0 aliphatic carbocycles. The number of anilines is 1. The number of nitrogens with one attached hydrogen (secondary N) is 2. The molecule has 24 heavy (non-hydrogen) atoms. The Balaban J connectivity index is 1.66. The van der Waals surface area contributed by atoms with Crippen LogP contribution in [0, 0.1) is 0 Å². The van der Waals surface area contributed by atoms with Crippen LogP contribution in [0.5, 0.6) is 0 Å². The maximum Gasteiger partial charge on any atom is 0.248 e. The number of hydrogen-bond donors (Lipinski definition) is 2. The molecule has 0 atom stereocenters. The first-order chi connectivity index (χ1) is 11.4. The van der Waals surface area contributed by atoms with E-state index in [0.717, 1.165) is 22.2 Å². The zero-order valence-electron chi connectivity index (χ0n) is 14.3. The van der Waals surface area contributed by atoms with Crippen LogP contribution in [-0.4, -0.2) is 10.9 Å². The molecule has 3 rings (SSSR count). The third-order valence-electron chi connectivity index (χ3n) is 4.02. The van der Waals surface area contributed by atoms with Crippen molar-refractivity contribution in [2.24, 2.45) is 0 Å². The zero-order chi connectivity index (χ0) is 17.2. The number of fused-ring (bicyclic) bond motifs is 1. The number of benzene rings is 2. The molecule has 122 valence electrons. The maximum atomic E-state index is 12.1. The minimum Gasteiger partial charge on any atom is -0.361 e. The first-order valence-corrected chi connectivity index (χ1v) is 8.08. The van der Waals surface area contributed by atoms with E-state index >= 15 is 0 Å². The van der Waals surface area contributed by atoms with Crippen LogP contribution >= 0.6 is 0 Å². The van der Waals surface area contributed by atoms with Crippen LogP contribution in [0.25, 0.3) is 17.0 Å². The van der Waals surface area contributed by atoms with Gasteiger partial charge in [0.2, 0.25) is 5.91 Å². The highest BCUT2D eigenvalue weighted by Gasteiger charge is 2.12. The van der Waals surface area contributed by atoms with E-state index in [1.54, 1.807) is 6.08 Å². The second-order valence-electron chi connectivity index (χ2n) is 6.97. The van der Waals surface area contributed by atoms with Gasteiger partial charge in [-0.15, -0.1) is 0 Å². The van der Waals surface area contributed by atoms with Crippen molar-refractivity contribution in [1.29, 1.82) is 0 Å². The molecule has 0 spiro atoms. The lowest BCUT2D eigenvalue weighted by Crippen LogP contribution is -2.10. The van der Waals surface area contributed by atoms with Gasteiger partial charge in [-0.05, 0) is 46.9 Å². The summed E-state index contributed by atoms with van der Waals surface area (Å²) in [6.45, 7) is 6.56. The number of rotatable bonds is 3. The van der Waals surface area contributed by atoms with E-state index in [2.05, 4.69) is 43.2 Å². The van der Waals surface area contributed by atoms with Crippen molar-refractivity contribution in [3.8, 4) is 0 Å². The Hall–Kier alpha value is -2.81. The summed E-state index contributed by atoms with van der Waals surface area (Å²) < 4.78 is 0. The lowest BCUT2D eigenvalue weighted by molar-refractivity contribution is -0.111. The van der Waals surface area contributed by atoms with E-state index < -0.39 is 0 Å². The van der Waals surface area contributed by atoms with Crippen LogP contribution in [0.2, 0.25) is 0 Å². The molecule has 1 aromatic heterocycles. The summed E-state index contributed by atoms with van der Waals surface area (Å²) in [4.78, 5) is 15.2. The molecule has 3 nitrogen and oxygen atoms in total. The van der Waals surface area contributed by atoms with E-state index in [1.807, 2.05) is 48.7 Å². The van der Waals surface area contributed by atoms with Crippen molar-refractivity contribution >= 4 is 28.6 Å². The second-order valence-corrected chi connectivity index (χ2v) is 6.97. The van der Waals surface area contributed by atoms with Gasteiger partial charge < -0.3 is 10.3 Å². The van der Waals surface area contributed by atoms with Gasteiger partial charge in [-0.2, -0.15) is 0 Å². The van der Waals surface area contributed by atoms with Gasteiger partial charge in [0.05, 0.1) is 0 Å². The molecule has 0 radical (unpaired) electrons. The fourth-order valence-corrected chi connectivity index (χ4v) is 2.58. The predicted molar refractivity (Wildman–Crippen MR) is 101 cm³/mol. The molecule has 0 bridgehead atoms. The molecule has 0 fully saturated rings. The summed E-state index contributed by atoms with van der Waals surface area (Å²) in [6, 6.07) is 16.1. The van der Waals surface area contributed by atoms with Gasteiger partial charge in [0.25, 0.3) is 0 Å². The molecule has 3 aromatic rings. The number of carbonyl (C=O) groups excluding carboxylic acids is 1. The van der Waals surface area contributed by atoms with Crippen molar-refractivity contribution in [2.45, 2.75) is 26.2 Å². The SMILES string of the molecule is CC(C)(C)c1ccc(/C=C/C(=O)Nc2ccc3[nH]ccc3c2)cc1. The van der Waals surface area contributed by atoms with E-state index in [4.69, 9.17) is 0 Å². The van der Waals surface area contributed by atoms with Gasteiger partial charge >= 0.3 is 0 Å². The molecule has 0 aliphatic heterocycles. The Morgan fingerprint density at radius 1 is 1.04 bits per heavy atom. The average molecular weight is 318 g/mol. The highest BCUT2D eigenvalue weighted by molar-refractivity contribution is 6.02. The molecular formula is C21H22N2O. The highest BCUT2D eigenvalue weighted by Crippen LogP contribution is 2.22. The lowest BCUT2D eigenvalue weighted by atomic mass is 9.87. The van der Waals surface area contributed by atoms with Gasteiger partial charge in [0, 0.05) is 28.9 Å². The van der Waals surface area contributed by atoms with Crippen molar-refractivity contribution in [2.75, 3.05) is 5.32 Å². The molecule has 0 saturated heterocycles. The van der Waals surface area contributed by atoms with Crippen LogP contribution in [0.4, 0.5) is 5.69 Å². The van der Waals surface area contributed by atoms with Gasteiger partial charge in [-0.3, -0.25) is 4.79 Å². The monoisotopic (exact) mass is 318 g/mol. The standard InChI is InChI=1S/C21H22N2O/c1-21(2,3)17-7-4-15(5-8-17)6-11-20(24)23-18-9-10-19-16(14-18)12-13-22-19/h4-14,22H,1-3H3,(H,23,24)/b11-6+. The second kappa shape index (κ2) is 6.36. The normalized spacial score (nSPS) is 12.0. The van der Waals surface area contributed by atoms with E-state index in [9.17, 15) is 4.79 Å². The van der Waals surface area contributed by atoms with Crippen LogP contribution in [-0.2, 0) is 10.2 Å². The summed E-state index contributed by atoms with van der Waals surface area (Å²) in [5.41, 5.74) is 4.28. The first kappa shape index (κ1) is 16.1. The molecule has 2 N–H and O–H groups in total. The number of hydrogen-bond acceptors (Lipinski definition) is 1. The first-order valence-electron chi connectivity index (χ1n) is 8.08. The Morgan fingerprint density at radius 2 is 1.79 bits per heavy atom. The molecule has 3 heteroatoms. The average Bonchev–Trinajstić information content (AvgIpc) is 3.00. The molecule has 0 unspecified atom stereocenters. The summed E-state index contributed by atoms with van der Waals surface area (Å²) in [6.07, 6.45) is 5.28. The Kier molecular flexibility index (Phi) is 4.26. The van der Waals surface area contributed by atoms with Gasteiger partial charge in [-0.1, -0.05) is 45.0 Å². The van der Waals surface area contributed by atoms with Crippen molar-refractivity contribution in [1.82, 2.24) is 4.98 Å². The zero-order valence-corrected chi connectivity index (χ0v) is 14.3. The van der Waals surface area contributed by atoms with Crippen molar-refractivity contribution < 1.29 is 4.79 Å². The third-order valence-corrected chi connectivity index (χ3v) is 4.02. The third kappa shape index (κ3) is 3.74. The van der Waals surface area contributed by atoms with Gasteiger partial charge in [0.1, 0.15) is 0 Å². The number of H-pyrrole nitrogens is 1. The lowest BCUT2D eigenvalue weighted by Gasteiger charge is -2.18. The van der Waals surface area contributed by atoms with Gasteiger partial charge in [0.15, 0.2) is 0 Å². The maximum absolute atomic E-state index is 12.1. The molecular weight excluding hydrogens is 296 g/mol. The number of amides is 1. The van der Waals surface area contributed by atoms with E-state index in [-0.39, 0.29) is 11.3 Å². The number of aromatic amines is 1. The molecule has 2 aromatic carbocycles. The number of carbonyl (C=O) groups is 1. The smallest absolute Gasteiger partial charge is 0.248 e. The topological polar surface area (TPSA) is 44.9 Å². The Labute approximate surface area is 142 Å². The molecule has 0 saturated carbocycles. The summed E-state index contributed by atoms with van der Waals surface area (Å²) in [7, 11) is 0. The molecule has 1 amide bonds. The van der Waals surface area contributed by atoms with E-state index in [1.165, 1.54) is 5.56 Å². The summed E-state index contributed by atoms with van der Waals surface area (Å²) >= 11 is 0. The number of aromatic nitrogens is 1. The quantitative estimate of drug-likeness (QED) is 0.647. The summed E-state index contributed by atoms with van der Waals surface area (Å²) in [5, 5.41) is 3.97. The van der Waals surface area contributed by atoms with Crippen LogP contribution in [0.15, 0.2) is 60.8 Å². The van der Waals surface area contributed by atoms with E-state index in [0.29, 0.717) is 0 Å². The molecule has 1 heterocycles. The van der Waals surface area contributed by atoms with Crippen molar-refractivity contribution in [3.05, 3.63) is 71.9 Å². The fourth-order valence-electron chi connectivity index (χ4n) is 2.58. The largest absolute Gasteiger partial charge is 0.361 e. The Morgan fingerprint density at radius 3 is 2.50 bits per heavy atom. The predicted octanol–water partition coefficient (Wildman–Crippen LogP) is 5.12. The summed E-state index contributed by atoms with van der Waals surface area (Å²) in [5.74, 6) is -0.134. The minimum absolute atomic E-state index is 0.134. The highest BCUT2D eigenvalue weighted by atomic mass is 16.1. The fraction of sp³-hybridized carbons (Fsp3) is 0.190. The van der Waals surface area contributed by atoms with Crippen LogP contribution < -0.4 is 5.32 Å². The van der Waals surface area contributed by atoms with Crippen LogP contribution in [0.1, 0.15) is 31.9 Å². The minimum atomic E-state index is -0.134. The molecule has 0 aliphatic rings. The van der Waals surface area contributed by atoms with Gasteiger partial charge in [-0.25, -0.2) is 0 Å².